The van der Waals surface area contributed by atoms with E-state index in [2.05, 4.69) is 0 Å². The van der Waals surface area contributed by atoms with E-state index >= 15 is 0 Å². The highest BCUT2D eigenvalue weighted by molar-refractivity contribution is 5.74. The Morgan fingerprint density at radius 1 is 1.50 bits per heavy atom. The van der Waals surface area contributed by atoms with Crippen LogP contribution in [0.4, 0.5) is 0 Å². The van der Waals surface area contributed by atoms with Gasteiger partial charge in [0.15, 0.2) is 0 Å². The summed E-state index contributed by atoms with van der Waals surface area (Å²) in [5, 5.41) is 0. The van der Waals surface area contributed by atoms with Gasteiger partial charge in [-0.2, -0.15) is 0 Å². The van der Waals surface area contributed by atoms with E-state index in [-0.39, 0.29) is 11.9 Å². The van der Waals surface area contributed by atoms with Crippen LogP contribution >= 0.6 is 0 Å². The predicted molar refractivity (Wildman–Crippen MR) is 39.1 cm³/mol. The molecule has 1 saturated carbocycles. The maximum absolute atomic E-state index is 10.5. The average molecular weight is 142 g/mol. The molecule has 0 saturated heterocycles. The predicted octanol–water partition coefficient (Wildman–Crippen LogP) is -0.0108. The van der Waals surface area contributed by atoms with Crippen molar-refractivity contribution in [2.75, 3.05) is 0 Å². The lowest BCUT2D eigenvalue weighted by Gasteiger charge is -2.11. The molecule has 0 heterocycles. The number of carbonyl (C=O) groups is 1. The van der Waals surface area contributed by atoms with Gasteiger partial charge >= 0.3 is 0 Å². The molecule has 3 heteroatoms. The van der Waals surface area contributed by atoms with E-state index in [9.17, 15) is 4.79 Å². The SMILES string of the molecule is NC(=O)CC1CCCC1N. The van der Waals surface area contributed by atoms with Crippen LogP contribution in [0, 0.1) is 5.92 Å². The molecular weight excluding hydrogens is 128 g/mol. The van der Waals surface area contributed by atoms with E-state index in [1.165, 1.54) is 0 Å². The monoisotopic (exact) mass is 142 g/mol. The van der Waals surface area contributed by atoms with E-state index in [0.29, 0.717) is 12.3 Å². The normalized spacial score (nSPS) is 32.5. The number of rotatable bonds is 2. The summed E-state index contributed by atoms with van der Waals surface area (Å²) in [7, 11) is 0. The van der Waals surface area contributed by atoms with Crippen LogP contribution in [-0.4, -0.2) is 11.9 Å². The molecule has 3 nitrogen and oxygen atoms in total. The second-order valence-electron chi connectivity index (χ2n) is 3.03. The third kappa shape index (κ3) is 1.70. The first kappa shape index (κ1) is 7.54. The van der Waals surface area contributed by atoms with E-state index in [1.54, 1.807) is 0 Å². The fourth-order valence-corrected chi connectivity index (χ4v) is 1.58. The zero-order valence-corrected chi connectivity index (χ0v) is 6.05. The summed E-state index contributed by atoms with van der Waals surface area (Å²) in [4.78, 5) is 10.5. The summed E-state index contributed by atoms with van der Waals surface area (Å²) in [6, 6.07) is 0.215. The minimum atomic E-state index is -0.220. The van der Waals surface area contributed by atoms with Gasteiger partial charge in [0, 0.05) is 12.5 Å². The molecule has 1 rings (SSSR count). The van der Waals surface area contributed by atoms with Crippen LogP contribution in [0.1, 0.15) is 25.7 Å². The van der Waals surface area contributed by atoms with Gasteiger partial charge in [-0.15, -0.1) is 0 Å². The molecule has 4 N–H and O–H groups in total. The maximum atomic E-state index is 10.5. The van der Waals surface area contributed by atoms with Crippen molar-refractivity contribution in [2.45, 2.75) is 31.7 Å². The Morgan fingerprint density at radius 2 is 2.20 bits per heavy atom. The molecule has 0 aliphatic heterocycles. The van der Waals surface area contributed by atoms with Gasteiger partial charge < -0.3 is 11.5 Å². The largest absolute Gasteiger partial charge is 0.370 e. The van der Waals surface area contributed by atoms with Crippen LogP contribution in [0.5, 0.6) is 0 Å². The molecule has 0 bridgehead atoms. The molecule has 58 valence electrons. The van der Waals surface area contributed by atoms with Crippen LogP contribution in [0.15, 0.2) is 0 Å². The number of nitrogens with two attached hydrogens (primary N) is 2. The van der Waals surface area contributed by atoms with Gasteiger partial charge in [0.2, 0.25) is 5.91 Å². The molecule has 0 spiro atoms. The molecule has 2 unspecified atom stereocenters. The molecule has 0 aromatic heterocycles. The Bertz CT molecular complexity index is 136. The lowest BCUT2D eigenvalue weighted by Crippen LogP contribution is -2.28. The van der Waals surface area contributed by atoms with Gasteiger partial charge in [0.1, 0.15) is 0 Å². The van der Waals surface area contributed by atoms with Crippen molar-refractivity contribution in [3.63, 3.8) is 0 Å². The minimum absolute atomic E-state index is 0.215. The van der Waals surface area contributed by atoms with E-state index in [0.717, 1.165) is 19.3 Å². The van der Waals surface area contributed by atoms with Crippen molar-refractivity contribution in [1.82, 2.24) is 0 Å². The number of primary amides is 1. The highest BCUT2D eigenvalue weighted by Gasteiger charge is 2.24. The second kappa shape index (κ2) is 3.01. The smallest absolute Gasteiger partial charge is 0.217 e. The van der Waals surface area contributed by atoms with Crippen LogP contribution in [0.25, 0.3) is 0 Å². The first-order valence-corrected chi connectivity index (χ1v) is 3.74. The van der Waals surface area contributed by atoms with Crippen molar-refractivity contribution in [1.29, 1.82) is 0 Å². The number of carbonyl (C=O) groups excluding carboxylic acids is 1. The zero-order valence-electron chi connectivity index (χ0n) is 6.05. The number of hydrogen-bond donors (Lipinski definition) is 2. The third-order valence-electron chi connectivity index (χ3n) is 2.18. The van der Waals surface area contributed by atoms with Crippen LogP contribution < -0.4 is 11.5 Å². The molecule has 0 radical (unpaired) electrons. The highest BCUT2D eigenvalue weighted by Crippen LogP contribution is 2.26. The summed E-state index contributed by atoms with van der Waals surface area (Å²) in [5.74, 6) is 0.139. The maximum Gasteiger partial charge on any atom is 0.217 e. The summed E-state index contributed by atoms with van der Waals surface area (Å²) in [6.07, 6.45) is 3.75. The van der Waals surface area contributed by atoms with Crippen molar-refractivity contribution in [2.24, 2.45) is 17.4 Å². The molecule has 0 aromatic rings. The van der Waals surface area contributed by atoms with E-state index < -0.39 is 0 Å². The van der Waals surface area contributed by atoms with Gasteiger partial charge in [-0.3, -0.25) is 4.79 Å². The zero-order chi connectivity index (χ0) is 7.56. The molecule has 1 amide bonds. The lowest BCUT2D eigenvalue weighted by molar-refractivity contribution is -0.118. The van der Waals surface area contributed by atoms with Gasteiger partial charge in [-0.25, -0.2) is 0 Å². The molecular formula is C7H14N2O. The molecule has 2 atom stereocenters. The molecule has 0 aromatic carbocycles. The Balaban J connectivity index is 2.33. The molecule has 1 aliphatic carbocycles. The first-order chi connectivity index (χ1) is 4.70. The summed E-state index contributed by atoms with van der Waals surface area (Å²) >= 11 is 0. The van der Waals surface area contributed by atoms with Crippen LogP contribution in [-0.2, 0) is 4.79 Å². The number of hydrogen-bond acceptors (Lipinski definition) is 2. The summed E-state index contributed by atoms with van der Waals surface area (Å²) in [6.45, 7) is 0. The van der Waals surface area contributed by atoms with Gasteiger partial charge in [0.25, 0.3) is 0 Å². The summed E-state index contributed by atoms with van der Waals surface area (Å²) in [5.41, 5.74) is 10.8. The first-order valence-electron chi connectivity index (χ1n) is 3.74. The fraction of sp³-hybridized carbons (Fsp3) is 0.857. The average Bonchev–Trinajstić information content (AvgIpc) is 2.15. The van der Waals surface area contributed by atoms with Crippen molar-refractivity contribution < 1.29 is 4.79 Å². The van der Waals surface area contributed by atoms with Crippen molar-refractivity contribution in [3.8, 4) is 0 Å². The summed E-state index contributed by atoms with van der Waals surface area (Å²) < 4.78 is 0. The second-order valence-corrected chi connectivity index (χ2v) is 3.03. The van der Waals surface area contributed by atoms with Crippen molar-refractivity contribution in [3.05, 3.63) is 0 Å². The minimum Gasteiger partial charge on any atom is -0.370 e. The van der Waals surface area contributed by atoms with Crippen LogP contribution in [0.3, 0.4) is 0 Å². The topological polar surface area (TPSA) is 69.1 Å². The highest BCUT2D eigenvalue weighted by atomic mass is 16.1. The third-order valence-corrected chi connectivity index (χ3v) is 2.18. The fourth-order valence-electron chi connectivity index (χ4n) is 1.58. The van der Waals surface area contributed by atoms with Gasteiger partial charge in [-0.1, -0.05) is 6.42 Å². The molecule has 1 fully saturated rings. The Hall–Kier alpha value is -0.570. The van der Waals surface area contributed by atoms with Gasteiger partial charge in [0.05, 0.1) is 0 Å². The van der Waals surface area contributed by atoms with Crippen molar-refractivity contribution >= 4 is 5.91 Å². The van der Waals surface area contributed by atoms with Crippen LogP contribution in [0.2, 0.25) is 0 Å². The Kier molecular flexibility index (Phi) is 2.27. The van der Waals surface area contributed by atoms with E-state index in [4.69, 9.17) is 11.5 Å². The lowest BCUT2D eigenvalue weighted by atomic mass is 10.0. The van der Waals surface area contributed by atoms with E-state index in [1.807, 2.05) is 0 Å². The standard InChI is InChI=1S/C7H14N2O/c8-6-3-1-2-5(6)4-7(9)10/h5-6H,1-4,8H2,(H2,9,10). The Labute approximate surface area is 60.8 Å². The molecule has 1 aliphatic rings. The quantitative estimate of drug-likeness (QED) is 0.569. The number of amides is 1. The van der Waals surface area contributed by atoms with Gasteiger partial charge in [-0.05, 0) is 18.8 Å². The molecule has 10 heavy (non-hydrogen) atoms. The Morgan fingerprint density at radius 3 is 2.60 bits per heavy atom.